The monoisotopic (exact) mass is 263 g/mol. The lowest BCUT2D eigenvalue weighted by atomic mass is 10.1. The largest absolute Gasteiger partial charge is 0.493 e. The van der Waals surface area contributed by atoms with Gasteiger partial charge in [0, 0.05) is 11.3 Å². The second-order valence-corrected chi connectivity index (χ2v) is 5.39. The van der Waals surface area contributed by atoms with E-state index in [9.17, 15) is 0 Å². The highest BCUT2D eigenvalue weighted by Gasteiger charge is 2.19. The van der Waals surface area contributed by atoms with Crippen LogP contribution in [0.2, 0.25) is 0 Å². The first kappa shape index (κ1) is 13.1. The normalized spacial score (nSPS) is 19.0. The van der Waals surface area contributed by atoms with Crippen molar-refractivity contribution in [3.05, 3.63) is 23.8 Å². The molecule has 0 bridgehead atoms. The van der Waals surface area contributed by atoms with Crippen LogP contribution in [0.4, 0.5) is 0 Å². The van der Waals surface area contributed by atoms with Gasteiger partial charge < -0.3 is 9.47 Å². The molecule has 1 atom stereocenters. The number of hydrogen-bond donors (Lipinski definition) is 0. The number of ether oxygens (including phenoxy) is 2. The van der Waals surface area contributed by atoms with Crippen LogP contribution in [0.5, 0.6) is 11.5 Å². The van der Waals surface area contributed by atoms with E-state index in [1.54, 1.807) is 7.11 Å². The predicted octanol–water partition coefficient (Wildman–Crippen LogP) is 3.04. The van der Waals surface area contributed by atoms with Crippen molar-refractivity contribution in [2.75, 3.05) is 18.6 Å². The first-order valence-electron chi connectivity index (χ1n) is 6.12. The Morgan fingerprint density at radius 2 is 2.39 bits per heavy atom. The molecule has 0 aliphatic carbocycles. The summed E-state index contributed by atoms with van der Waals surface area (Å²) in [6.07, 6.45) is 2.86. The van der Waals surface area contributed by atoms with Gasteiger partial charge >= 0.3 is 0 Å². The standard InChI is InChI=1S/C14H17NO2S/c1-16-13-6-2-4-11(7-8-15)14(13)17-12-5-3-9-18-10-12/h2,4,6,12H,3,5,7,9-10H2,1H3. The van der Waals surface area contributed by atoms with Gasteiger partial charge in [-0.15, -0.1) is 0 Å². The summed E-state index contributed by atoms with van der Waals surface area (Å²) in [6.45, 7) is 0. The fraction of sp³-hybridized carbons (Fsp3) is 0.500. The lowest BCUT2D eigenvalue weighted by molar-refractivity contribution is 0.200. The molecule has 1 aliphatic rings. The van der Waals surface area contributed by atoms with Crippen LogP contribution in [0, 0.1) is 11.3 Å². The number of rotatable bonds is 4. The average molecular weight is 263 g/mol. The Balaban J connectivity index is 2.20. The quantitative estimate of drug-likeness (QED) is 0.837. The molecule has 1 aromatic rings. The number of hydrogen-bond acceptors (Lipinski definition) is 4. The minimum atomic E-state index is 0.234. The van der Waals surface area contributed by atoms with Crippen molar-refractivity contribution in [2.24, 2.45) is 0 Å². The van der Waals surface area contributed by atoms with E-state index < -0.39 is 0 Å². The molecule has 3 nitrogen and oxygen atoms in total. The van der Waals surface area contributed by atoms with Crippen molar-refractivity contribution in [2.45, 2.75) is 25.4 Å². The minimum absolute atomic E-state index is 0.234. The number of benzene rings is 1. The van der Waals surface area contributed by atoms with Crippen LogP contribution < -0.4 is 9.47 Å². The van der Waals surface area contributed by atoms with E-state index in [1.165, 1.54) is 12.2 Å². The van der Waals surface area contributed by atoms with Crippen molar-refractivity contribution >= 4 is 11.8 Å². The van der Waals surface area contributed by atoms with Gasteiger partial charge in [-0.25, -0.2) is 0 Å². The van der Waals surface area contributed by atoms with E-state index in [0.29, 0.717) is 6.42 Å². The van der Waals surface area contributed by atoms with Crippen molar-refractivity contribution in [1.82, 2.24) is 0 Å². The summed E-state index contributed by atoms with van der Waals surface area (Å²) < 4.78 is 11.4. The van der Waals surface area contributed by atoms with Gasteiger partial charge in [0.15, 0.2) is 11.5 Å². The number of methoxy groups -OCH3 is 1. The molecule has 0 amide bonds. The Morgan fingerprint density at radius 3 is 3.06 bits per heavy atom. The molecular formula is C14H17NO2S. The maximum atomic E-state index is 8.86. The molecule has 0 radical (unpaired) electrons. The van der Waals surface area contributed by atoms with E-state index >= 15 is 0 Å². The molecule has 1 aliphatic heterocycles. The smallest absolute Gasteiger partial charge is 0.165 e. The molecule has 1 saturated heterocycles. The summed E-state index contributed by atoms with van der Waals surface area (Å²) in [5.41, 5.74) is 0.910. The molecule has 4 heteroatoms. The van der Waals surface area contributed by atoms with Crippen LogP contribution in [0.1, 0.15) is 18.4 Å². The maximum Gasteiger partial charge on any atom is 0.165 e. The summed E-state index contributed by atoms with van der Waals surface area (Å²) in [5.74, 6) is 3.70. The average Bonchev–Trinajstić information content (AvgIpc) is 2.42. The number of nitriles is 1. The van der Waals surface area contributed by atoms with E-state index in [0.717, 1.165) is 29.2 Å². The molecule has 0 aromatic heterocycles. The molecule has 1 heterocycles. The van der Waals surface area contributed by atoms with Crippen molar-refractivity contribution < 1.29 is 9.47 Å². The maximum absolute atomic E-state index is 8.86. The highest BCUT2D eigenvalue weighted by atomic mass is 32.2. The Hall–Kier alpha value is -1.34. The second kappa shape index (κ2) is 6.55. The fourth-order valence-corrected chi connectivity index (χ4v) is 3.09. The van der Waals surface area contributed by atoms with Gasteiger partial charge in [-0.3, -0.25) is 0 Å². The molecule has 1 aromatic carbocycles. The highest BCUT2D eigenvalue weighted by Crippen LogP contribution is 2.34. The lowest BCUT2D eigenvalue weighted by Gasteiger charge is -2.24. The molecule has 18 heavy (non-hydrogen) atoms. The zero-order chi connectivity index (χ0) is 12.8. The van der Waals surface area contributed by atoms with Crippen LogP contribution in [0.25, 0.3) is 0 Å². The lowest BCUT2D eigenvalue weighted by Crippen LogP contribution is -2.24. The second-order valence-electron chi connectivity index (χ2n) is 4.24. The van der Waals surface area contributed by atoms with Gasteiger partial charge in [0.25, 0.3) is 0 Å². The van der Waals surface area contributed by atoms with Gasteiger partial charge in [-0.05, 0) is 24.7 Å². The van der Waals surface area contributed by atoms with E-state index in [2.05, 4.69) is 6.07 Å². The summed E-state index contributed by atoms with van der Waals surface area (Å²) in [4.78, 5) is 0. The Labute approximate surface area is 112 Å². The summed E-state index contributed by atoms with van der Waals surface area (Å²) in [5, 5.41) is 8.86. The Kier molecular flexibility index (Phi) is 4.77. The molecule has 96 valence electrons. The molecule has 1 fully saturated rings. The van der Waals surface area contributed by atoms with Crippen LogP contribution in [-0.2, 0) is 6.42 Å². The third kappa shape index (κ3) is 3.11. The number of para-hydroxylation sites is 1. The summed E-state index contributed by atoms with van der Waals surface area (Å²) in [7, 11) is 1.63. The van der Waals surface area contributed by atoms with E-state index in [4.69, 9.17) is 14.7 Å². The minimum Gasteiger partial charge on any atom is -0.493 e. The predicted molar refractivity (Wildman–Crippen MR) is 73.3 cm³/mol. The summed E-state index contributed by atoms with van der Waals surface area (Å²) >= 11 is 1.92. The Morgan fingerprint density at radius 1 is 1.50 bits per heavy atom. The van der Waals surface area contributed by atoms with Gasteiger partial charge in [0.2, 0.25) is 0 Å². The van der Waals surface area contributed by atoms with E-state index in [1.807, 2.05) is 30.0 Å². The SMILES string of the molecule is COc1cccc(CC#N)c1OC1CCCSC1. The third-order valence-corrected chi connectivity index (χ3v) is 4.14. The molecule has 0 saturated carbocycles. The first-order valence-corrected chi connectivity index (χ1v) is 7.28. The molecule has 2 rings (SSSR count). The number of thioether (sulfide) groups is 1. The van der Waals surface area contributed by atoms with Crippen LogP contribution >= 0.6 is 11.8 Å². The number of nitrogens with zero attached hydrogens (tertiary/aromatic N) is 1. The third-order valence-electron chi connectivity index (χ3n) is 2.95. The molecular weight excluding hydrogens is 246 g/mol. The zero-order valence-electron chi connectivity index (χ0n) is 10.5. The highest BCUT2D eigenvalue weighted by molar-refractivity contribution is 7.99. The molecule has 0 N–H and O–H groups in total. The van der Waals surface area contributed by atoms with Crippen LogP contribution in [-0.4, -0.2) is 24.7 Å². The van der Waals surface area contributed by atoms with Gasteiger partial charge in [-0.1, -0.05) is 12.1 Å². The zero-order valence-corrected chi connectivity index (χ0v) is 11.3. The fourth-order valence-electron chi connectivity index (χ4n) is 2.05. The van der Waals surface area contributed by atoms with Gasteiger partial charge in [0.05, 0.1) is 19.6 Å². The first-order chi connectivity index (χ1) is 8.85. The molecule has 0 spiro atoms. The van der Waals surface area contributed by atoms with Gasteiger partial charge in [-0.2, -0.15) is 17.0 Å². The molecule has 1 unspecified atom stereocenters. The van der Waals surface area contributed by atoms with Crippen LogP contribution in [0.15, 0.2) is 18.2 Å². The van der Waals surface area contributed by atoms with E-state index in [-0.39, 0.29) is 6.10 Å². The topological polar surface area (TPSA) is 42.2 Å². The Bertz CT molecular complexity index is 436. The van der Waals surface area contributed by atoms with Crippen molar-refractivity contribution in [3.63, 3.8) is 0 Å². The summed E-state index contributed by atoms with van der Waals surface area (Å²) in [6, 6.07) is 7.88. The van der Waals surface area contributed by atoms with Crippen molar-refractivity contribution in [3.8, 4) is 17.6 Å². The van der Waals surface area contributed by atoms with Crippen LogP contribution in [0.3, 0.4) is 0 Å². The van der Waals surface area contributed by atoms with Crippen molar-refractivity contribution in [1.29, 1.82) is 5.26 Å². The van der Waals surface area contributed by atoms with Gasteiger partial charge in [0.1, 0.15) is 6.10 Å².